The molecule has 0 aliphatic heterocycles. The van der Waals surface area contributed by atoms with Crippen molar-refractivity contribution in [1.82, 2.24) is 5.32 Å². The lowest BCUT2D eigenvalue weighted by atomic mass is 10.2. The second-order valence-electron chi connectivity index (χ2n) is 4.22. The lowest BCUT2D eigenvalue weighted by molar-refractivity contribution is -0.605. The molecule has 1 aromatic heterocycles. The molecule has 1 N–H and O–H groups in total. The molecule has 5 heteroatoms. The maximum Gasteiger partial charge on any atom is 0.251 e. The van der Waals surface area contributed by atoms with Gasteiger partial charge in [-0.3, -0.25) is 4.79 Å². The summed E-state index contributed by atoms with van der Waals surface area (Å²) in [5.74, 6) is 0.632. The fourth-order valence-corrected chi connectivity index (χ4v) is 1.65. The zero-order valence-electron chi connectivity index (χ0n) is 11.0. The second-order valence-corrected chi connectivity index (χ2v) is 4.22. The quantitative estimate of drug-likeness (QED) is 0.492. The van der Waals surface area contributed by atoms with Crippen molar-refractivity contribution in [3.05, 3.63) is 65.6 Å². The van der Waals surface area contributed by atoms with Crippen LogP contribution in [0.3, 0.4) is 0 Å². The molecule has 104 valence electrons. The first-order valence-electron chi connectivity index (χ1n) is 6.40. The number of nitrogens with zero attached hydrogens (tertiary/aromatic N) is 1. The first-order chi connectivity index (χ1) is 9.75. The van der Waals surface area contributed by atoms with E-state index in [4.69, 9.17) is 4.74 Å². The summed E-state index contributed by atoms with van der Waals surface area (Å²) in [6.07, 6.45) is 3.32. The molecule has 1 heterocycles. The Labute approximate surface area is 117 Å². The molecule has 2 rings (SSSR count). The van der Waals surface area contributed by atoms with Gasteiger partial charge in [0.1, 0.15) is 5.75 Å². The fourth-order valence-electron chi connectivity index (χ4n) is 1.65. The minimum atomic E-state index is -0.190. The summed E-state index contributed by atoms with van der Waals surface area (Å²) in [5.41, 5.74) is 0.473. The highest BCUT2D eigenvalue weighted by atomic mass is 16.5. The molecule has 2 aromatic rings. The summed E-state index contributed by atoms with van der Waals surface area (Å²) in [7, 11) is 0. The summed E-state index contributed by atoms with van der Waals surface area (Å²) < 4.78 is 6.16. The summed E-state index contributed by atoms with van der Waals surface area (Å²) >= 11 is 0. The molecule has 0 saturated carbocycles. The van der Waals surface area contributed by atoms with Gasteiger partial charge in [0.2, 0.25) is 0 Å². The van der Waals surface area contributed by atoms with E-state index in [0.29, 0.717) is 23.4 Å². The third-order valence-electron chi connectivity index (χ3n) is 2.68. The molecular formula is C15H16N2O3. The Bertz CT molecular complexity index is 541. The Morgan fingerprint density at radius 2 is 1.85 bits per heavy atom. The number of para-hydroxylation sites is 1. The van der Waals surface area contributed by atoms with E-state index in [-0.39, 0.29) is 5.91 Å². The van der Waals surface area contributed by atoms with E-state index in [9.17, 15) is 10.0 Å². The summed E-state index contributed by atoms with van der Waals surface area (Å²) in [4.78, 5) is 11.7. The molecule has 20 heavy (non-hydrogen) atoms. The Hall–Kier alpha value is -2.56. The fraction of sp³-hybridized carbons (Fsp3) is 0.200. The number of hydrogen-bond acceptors (Lipinski definition) is 3. The normalized spacial score (nSPS) is 10.0. The third-order valence-corrected chi connectivity index (χ3v) is 2.68. The van der Waals surface area contributed by atoms with E-state index in [1.165, 1.54) is 24.5 Å². The average Bonchev–Trinajstić information content (AvgIpc) is 2.48. The van der Waals surface area contributed by atoms with Crippen LogP contribution in [0.5, 0.6) is 5.75 Å². The molecule has 5 nitrogen and oxygen atoms in total. The van der Waals surface area contributed by atoms with Crippen LogP contribution in [-0.4, -0.2) is 19.1 Å². The van der Waals surface area contributed by atoms with Crippen LogP contribution in [0.4, 0.5) is 0 Å². The molecule has 0 aliphatic rings. The number of carbonyl (C=O) groups is 1. The van der Waals surface area contributed by atoms with E-state index in [1.807, 2.05) is 30.3 Å². The first-order valence-corrected chi connectivity index (χ1v) is 6.40. The van der Waals surface area contributed by atoms with E-state index in [0.717, 1.165) is 12.2 Å². The topological polar surface area (TPSA) is 65.3 Å². The number of benzene rings is 1. The van der Waals surface area contributed by atoms with Crippen molar-refractivity contribution in [2.24, 2.45) is 0 Å². The number of amides is 1. The highest BCUT2D eigenvalue weighted by Crippen LogP contribution is 2.08. The zero-order valence-corrected chi connectivity index (χ0v) is 11.0. The average molecular weight is 272 g/mol. The molecule has 0 unspecified atom stereocenters. The Balaban J connectivity index is 1.66. The first kappa shape index (κ1) is 13.9. The van der Waals surface area contributed by atoms with Crippen molar-refractivity contribution in [1.29, 1.82) is 0 Å². The molecule has 0 fully saturated rings. The van der Waals surface area contributed by atoms with Crippen molar-refractivity contribution in [3.63, 3.8) is 0 Å². The van der Waals surface area contributed by atoms with Gasteiger partial charge in [-0.25, -0.2) is 0 Å². The maximum absolute atomic E-state index is 11.7. The van der Waals surface area contributed by atoms with Gasteiger partial charge in [0.25, 0.3) is 5.91 Å². The predicted molar refractivity (Wildman–Crippen MR) is 74.3 cm³/mol. The van der Waals surface area contributed by atoms with E-state index >= 15 is 0 Å². The highest BCUT2D eigenvalue weighted by Gasteiger charge is 2.05. The minimum Gasteiger partial charge on any atom is -0.619 e. The van der Waals surface area contributed by atoms with Crippen molar-refractivity contribution in [2.45, 2.75) is 6.42 Å². The van der Waals surface area contributed by atoms with Gasteiger partial charge in [-0.1, -0.05) is 18.2 Å². The number of carbonyl (C=O) groups excluding carboxylic acids is 1. The van der Waals surface area contributed by atoms with Crippen LogP contribution in [0.1, 0.15) is 16.8 Å². The highest BCUT2D eigenvalue weighted by molar-refractivity contribution is 5.93. The smallest absolute Gasteiger partial charge is 0.251 e. The molecule has 0 radical (unpaired) electrons. The second kappa shape index (κ2) is 7.13. The number of ether oxygens (including phenoxy) is 1. The molecule has 1 aromatic carbocycles. The number of aromatic nitrogens is 1. The van der Waals surface area contributed by atoms with Gasteiger partial charge in [0.05, 0.1) is 12.2 Å². The lowest BCUT2D eigenvalue weighted by Gasteiger charge is -2.07. The van der Waals surface area contributed by atoms with Crippen LogP contribution in [0.15, 0.2) is 54.9 Å². The van der Waals surface area contributed by atoms with Crippen LogP contribution in [-0.2, 0) is 0 Å². The van der Waals surface area contributed by atoms with Gasteiger partial charge >= 0.3 is 0 Å². The lowest BCUT2D eigenvalue weighted by Crippen LogP contribution is -2.28. The largest absolute Gasteiger partial charge is 0.619 e. The zero-order chi connectivity index (χ0) is 14.2. The van der Waals surface area contributed by atoms with Crippen LogP contribution in [0.25, 0.3) is 0 Å². The number of rotatable bonds is 6. The van der Waals surface area contributed by atoms with Crippen molar-refractivity contribution >= 4 is 5.91 Å². The molecule has 0 saturated heterocycles. The number of pyridine rings is 1. The van der Waals surface area contributed by atoms with Gasteiger partial charge in [-0.05, 0) is 18.6 Å². The van der Waals surface area contributed by atoms with Gasteiger partial charge in [0.15, 0.2) is 12.4 Å². The minimum absolute atomic E-state index is 0.190. The summed E-state index contributed by atoms with van der Waals surface area (Å²) in [6.45, 7) is 1.07. The van der Waals surface area contributed by atoms with Crippen molar-refractivity contribution < 1.29 is 14.3 Å². The van der Waals surface area contributed by atoms with Crippen LogP contribution >= 0.6 is 0 Å². The molecule has 0 atom stereocenters. The van der Waals surface area contributed by atoms with Crippen LogP contribution in [0.2, 0.25) is 0 Å². The Morgan fingerprint density at radius 1 is 1.15 bits per heavy atom. The number of nitrogens with one attached hydrogen (secondary N) is 1. The van der Waals surface area contributed by atoms with Crippen LogP contribution in [0, 0.1) is 5.21 Å². The van der Waals surface area contributed by atoms with E-state index in [2.05, 4.69) is 5.32 Å². The SMILES string of the molecule is O=C(NCCCOc1ccccc1)c1cc[n+]([O-])cc1. The van der Waals surface area contributed by atoms with Crippen molar-refractivity contribution in [2.75, 3.05) is 13.2 Å². The van der Waals surface area contributed by atoms with Gasteiger partial charge in [0, 0.05) is 18.7 Å². The molecular weight excluding hydrogens is 256 g/mol. The third kappa shape index (κ3) is 4.28. The van der Waals surface area contributed by atoms with E-state index < -0.39 is 0 Å². The van der Waals surface area contributed by atoms with Gasteiger partial charge < -0.3 is 15.3 Å². The Morgan fingerprint density at radius 3 is 2.55 bits per heavy atom. The van der Waals surface area contributed by atoms with Gasteiger partial charge in [-0.2, -0.15) is 4.73 Å². The number of hydrogen-bond donors (Lipinski definition) is 1. The molecule has 0 spiro atoms. The molecule has 0 bridgehead atoms. The summed E-state index contributed by atoms with van der Waals surface area (Å²) in [6, 6.07) is 12.5. The van der Waals surface area contributed by atoms with Crippen LogP contribution < -0.4 is 14.8 Å². The van der Waals surface area contributed by atoms with Crippen molar-refractivity contribution in [3.8, 4) is 5.75 Å². The Kier molecular flexibility index (Phi) is 4.94. The molecule has 0 aliphatic carbocycles. The standard InChI is InChI=1S/C15H16N2O3/c18-15(13-7-10-17(19)11-8-13)16-9-4-12-20-14-5-2-1-3-6-14/h1-3,5-8,10-11H,4,9,12H2,(H,16,18). The van der Waals surface area contributed by atoms with E-state index in [1.54, 1.807) is 0 Å². The summed E-state index contributed by atoms with van der Waals surface area (Å²) in [5, 5.41) is 13.6. The van der Waals surface area contributed by atoms with Gasteiger partial charge in [-0.15, -0.1) is 0 Å². The monoisotopic (exact) mass is 272 g/mol. The predicted octanol–water partition coefficient (Wildman–Crippen LogP) is 1.52. The maximum atomic E-state index is 11.7. The molecule has 1 amide bonds.